The summed E-state index contributed by atoms with van der Waals surface area (Å²) in [6.45, 7) is 3.30. The molecule has 0 bridgehead atoms. The number of aromatic carboxylic acids is 1. The van der Waals surface area contributed by atoms with E-state index in [1.54, 1.807) is 38.1 Å². The average molecular weight is 221 g/mol. The standard InChI is InChI=1S/C12H15NO3/c1-12(2,16)6-5-8-3-4-9(11(14)15)10(13)7-8/h3-7,16H,13H2,1-2H3,(H,14,15)/b6-5+. The van der Waals surface area contributed by atoms with Crippen LogP contribution < -0.4 is 5.73 Å². The Morgan fingerprint density at radius 2 is 2.06 bits per heavy atom. The van der Waals surface area contributed by atoms with Gasteiger partial charge in [-0.3, -0.25) is 0 Å². The number of aliphatic hydroxyl groups is 1. The van der Waals surface area contributed by atoms with Gasteiger partial charge < -0.3 is 15.9 Å². The second kappa shape index (κ2) is 4.37. The van der Waals surface area contributed by atoms with Crippen LogP contribution in [0.15, 0.2) is 24.3 Å². The Bertz CT molecular complexity index is 430. The van der Waals surface area contributed by atoms with E-state index in [4.69, 9.17) is 10.8 Å². The van der Waals surface area contributed by atoms with Crippen molar-refractivity contribution in [3.8, 4) is 0 Å². The fraction of sp³-hybridized carbons (Fsp3) is 0.250. The number of anilines is 1. The van der Waals surface area contributed by atoms with Gasteiger partial charge in [-0.1, -0.05) is 18.2 Å². The molecule has 1 aromatic rings. The van der Waals surface area contributed by atoms with E-state index in [0.29, 0.717) is 0 Å². The lowest BCUT2D eigenvalue weighted by Gasteiger charge is -2.10. The van der Waals surface area contributed by atoms with Crippen LogP contribution in [0.4, 0.5) is 5.69 Å². The predicted octanol–water partition coefficient (Wildman–Crippen LogP) is 1.75. The van der Waals surface area contributed by atoms with Gasteiger partial charge >= 0.3 is 5.97 Å². The molecule has 4 nitrogen and oxygen atoms in total. The van der Waals surface area contributed by atoms with Crippen LogP contribution in [0.2, 0.25) is 0 Å². The molecule has 0 atom stereocenters. The number of hydrogen-bond donors (Lipinski definition) is 3. The van der Waals surface area contributed by atoms with Crippen molar-refractivity contribution < 1.29 is 15.0 Å². The SMILES string of the molecule is CC(C)(O)/C=C/c1ccc(C(=O)O)c(N)c1. The van der Waals surface area contributed by atoms with Gasteiger partial charge in [0.1, 0.15) is 0 Å². The Morgan fingerprint density at radius 1 is 1.44 bits per heavy atom. The molecule has 16 heavy (non-hydrogen) atoms. The number of rotatable bonds is 3. The van der Waals surface area contributed by atoms with Gasteiger partial charge in [-0.15, -0.1) is 0 Å². The molecule has 4 N–H and O–H groups in total. The average Bonchev–Trinajstić information content (AvgIpc) is 2.13. The van der Waals surface area contributed by atoms with Gasteiger partial charge in [0.2, 0.25) is 0 Å². The molecular formula is C12H15NO3. The number of carbonyl (C=O) groups is 1. The van der Waals surface area contributed by atoms with Crippen molar-refractivity contribution >= 4 is 17.7 Å². The third-order valence-corrected chi connectivity index (χ3v) is 1.99. The van der Waals surface area contributed by atoms with Gasteiger partial charge in [-0.05, 0) is 31.5 Å². The molecule has 0 radical (unpaired) electrons. The highest BCUT2D eigenvalue weighted by Gasteiger charge is 2.08. The Kier molecular flexibility index (Phi) is 3.34. The zero-order chi connectivity index (χ0) is 12.3. The maximum Gasteiger partial charge on any atom is 0.337 e. The summed E-state index contributed by atoms with van der Waals surface area (Å²) in [4.78, 5) is 10.7. The minimum absolute atomic E-state index is 0.0837. The van der Waals surface area contributed by atoms with Crippen LogP contribution in [-0.4, -0.2) is 21.8 Å². The number of hydrogen-bond acceptors (Lipinski definition) is 3. The molecule has 0 spiro atoms. The van der Waals surface area contributed by atoms with E-state index >= 15 is 0 Å². The van der Waals surface area contributed by atoms with E-state index in [2.05, 4.69) is 0 Å². The van der Waals surface area contributed by atoms with E-state index in [1.807, 2.05) is 0 Å². The lowest BCUT2D eigenvalue weighted by molar-refractivity contribution is 0.0698. The highest BCUT2D eigenvalue weighted by Crippen LogP contribution is 2.16. The molecular weight excluding hydrogens is 206 g/mol. The zero-order valence-corrected chi connectivity index (χ0v) is 9.27. The maximum atomic E-state index is 10.7. The van der Waals surface area contributed by atoms with E-state index < -0.39 is 11.6 Å². The summed E-state index contributed by atoms with van der Waals surface area (Å²) in [7, 11) is 0. The predicted molar refractivity (Wildman–Crippen MR) is 63.1 cm³/mol. The Hall–Kier alpha value is -1.81. The van der Waals surface area contributed by atoms with Crippen molar-refractivity contribution in [3.05, 3.63) is 35.4 Å². The van der Waals surface area contributed by atoms with Crippen LogP contribution in [0.25, 0.3) is 6.08 Å². The smallest absolute Gasteiger partial charge is 0.337 e. The lowest BCUT2D eigenvalue weighted by Crippen LogP contribution is -2.13. The third-order valence-electron chi connectivity index (χ3n) is 1.99. The fourth-order valence-electron chi connectivity index (χ4n) is 1.18. The molecule has 1 rings (SSSR count). The summed E-state index contributed by atoms with van der Waals surface area (Å²) >= 11 is 0. The first-order chi connectivity index (χ1) is 7.29. The van der Waals surface area contributed by atoms with Crippen molar-refractivity contribution in [1.82, 2.24) is 0 Å². The molecule has 0 aliphatic carbocycles. The van der Waals surface area contributed by atoms with Gasteiger partial charge in [-0.25, -0.2) is 4.79 Å². The van der Waals surface area contributed by atoms with Crippen LogP contribution in [0.3, 0.4) is 0 Å². The number of carboxylic acids is 1. The second-order valence-corrected chi connectivity index (χ2v) is 4.14. The van der Waals surface area contributed by atoms with Gasteiger partial charge in [0, 0.05) is 5.69 Å². The van der Waals surface area contributed by atoms with Crippen LogP contribution in [0.1, 0.15) is 29.8 Å². The molecule has 0 amide bonds. The summed E-state index contributed by atoms with van der Waals surface area (Å²) in [6, 6.07) is 4.65. The third kappa shape index (κ3) is 3.40. The molecule has 0 aliphatic heterocycles. The van der Waals surface area contributed by atoms with Crippen molar-refractivity contribution in [2.24, 2.45) is 0 Å². The van der Waals surface area contributed by atoms with Gasteiger partial charge in [-0.2, -0.15) is 0 Å². The van der Waals surface area contributed by atoms with E-state index in [0.717, 1.165) is 5.56 Å². The summed E-state index contributed by atoms with van der Waals surface area (Å²) in [5.41, 5.74) is 5.73. The summed E-state index contributed by atoms with van der Waals surface area (Å²) < 4.78 is 0. The normalized spacial score (nSPS) is 11.9. The molecule has 1 aromatic carbocycles. The minimum Gasteiger partial charge on any atom is -0.478 e. The van der Waals surface area contributed by atoms with Gasteiger partial charge in [0.15, 0.2) is 0 Å². The molecule has 86 valence electrons. The minimum atomic E-state index is -1.05. The van der Waals surface area contributed by atoms with Gasteiger partial charge in [0.05, 0.1) is 11.2 Å². The number of carboxylic acid groups (broad SMARTS) is 1. The van der Waals surface area contributed by atoms with Crippen molar-refractivity contribution in [1.29, 1.82) is 0 Å². The molecule has 0 heterocycles. The Balaban J connectivity index is 2.99. The fourth-order valence-corrected chi connectivity index (χ4v) is 1.18. The number of benzene rings is 1. The molecule has 0 saturated carbocycles. The first-order valence-corrected chi connectivity index (χ1v) is 4.84. The summed E-state index contributed by atoms with van der Waals surface area (Å²) in [5, 5.41) is 18.3. The van der Waals surface area contributed by atoms with E-state index in [9.17, 15) is 9.90 Å². The largest absolute Gasteiger partial charge is 0.478 e. The highest BCUT2D eigenvalue weighted by molar-refractivity contribution is 5.94. The second-order valence-electron chi connectivity index (χ2n) is 4.14. The van der Waals surface area contributed by atoms with E-state index in [1.165, 1.54) is 6.07 Å². The first kappa shape index (κ1) is 12.3. The summed E-state index contributed by atoms with van der Waals surface area (Å²) in [6.07, 6.45) is 3.31. The topological polar surface area (TPSA) is 83.5 Å². The quantitative estimate of drug-likeness (QED) is 0.679. The van der Waals surface area contributed by atoms with E-state index in [-0.39, 0.29) is 11.3 Å². The number of nitrogen functional groups attached to an aromatic ring is 1. The molecule has 0 unspecified atom stereocenters. The van der Waals surface area contributed by atoms with Crippen LogP contribution >= 0.6 is 0 Å². The molecule has 0 fully saturated rings. The zero-order valence-electron chi connectivity index (χ0n) is 9.27. The summed E-state index contributed by atoms with van der Waals surface area (Å²) in [5.74, 6) is -1.05. The Morgan fingerprint density at radius 3 is 2.50 bits per heavy atom. The van der Waals surface area contributed by atoms with Crippen molar-refractivity contribution in [2.75, 3.05) is 5.73 Å². The molecule has 0 aromatic heterocycles. The van der Waals surface area contributed by atoms with Crippen LogP contribution in [0, 0.1) is 0 Å². The van der Waals surface area contributed by atoms with Crippen molar-refractivity contribution in [2.45, 2.75) is 19.4 Å². The number of nitrogens with two attached hydrogens (primary N) is 1. The highest BCUT2D eigenvalue weighted by atomic mass is 16.4. The molecule has 0 saturated heterocycles. The first-order valence-electron chi connectivity index (χ1n) is 4.84. The van der Waals surface area contributed by atoms with Crippen molar-refractivity contribution in [3.63, 3.8) is 0 Å². The molecule has 4 heteroatoms. The van der Waals surface area contributed by atoms with Gasteiger partial charge in [0.25, 0.3) is 0 Å². The maximum absolute atomic E-state index is 10.7. The lowest BCUT2D eigenvalue weighted by atomic mass is 10.1. The monoisotopic (exact) mass is 221 g/mol. The van der Waals surface area contributed by atoms with Crippen LogP contribution in [0.5, 0.6) is 0 Å². The Labute approximate surface area is 94.0 Å². The molecule has 0 aliphatic rings. The van der Waals surface area contributed by atoms with Crippen LogP contribution in [-0.2, 0) is 0 Å².